The summed E-state index contributed by atoms with van der Waals surface area (Å²) in [7, 11) is 0. The Morgan fingerprint density at radius 2 is 1.96 bits per heavy atom. The summed E-state index contributed by atoms with van der Waals surface area (Å²) in [4.78, 5) is 35.3. The molecule has 0 aromatic heterocycles. The standard InChI is InChI=1S/C20H24N2O6/c21-19-13(20(25)18-16(23)5-3-6-17(18)24)7-8-15(22-26)14(19)11-27-10-12-4-1-2-9-28-12/h7-8,12,18,21,25H,1-6,9-11H2/p-1. The lowest BCUT2D eigenvalue weighted by Gasteiger charge is -2.30. The number of carbonyl (C=O) groups excluding carboxylic acids is 2. The number of rotatable bonds is 6. The number of carbonyl (C=O) groups is 2. The van der Waals surface area contributed by atoms with Gasteiger partial charge in [0.2, 0.25) is 0 Å². The van der Waals surface area contributed by atoms with Crippen molar-refractivity contribution in [3.8, 4) is 0 Å². The van der Waals surface area contributed by atoms with Gasteiger partial charge in [-0.2, -0.15) is 0 Å². The van der Waals surface area contributed by atoms with E-state index >= 15 is 0 Å². The largest absolute Gasteiger partial charge is 0.874 e. The highest BCUT2D eigenvalue weighted by molar-refractivity contribution is 6.16. The summed E-state index contributed by atoms with van der Waals surface area (Å²) in [6, 6.07) is 0. The Bertz CT molecular complexity index is 758. The van der Waals surface area contributed by atoms with Crippen LogP contribution in [-0.2, 0) is 19.1 Å². The molecule has 28 heavy (non-hydrogen) atoms. The molecule has 1 saturated heterocycles. The molecule has 0 radical (unpaired) electrons. The molecule has 2 fully saturated rings. The molecule has 3 rings (SSSR count). The lowest BCUT2D eigenvalue weighted by molar-refractivity contribution is -0.311. The Hall–Kier alpha value is -2.45. The van der Waals surface area contributed by atoms with Crippen LogP contribution < -0.4 is 5.11 Å². The second-order valence-corrected chi connectivity index (χ2v) is 7.16. The molecule has 1 N–H and O–H groups in total. The van der Waals surface area contributed by atoms with E-state index in [4.69, 9.17) is 14.9 Å². The molecule has 150 valence electrons. The average Bonchev–Trinajstić information content (AvgIpc) is 2.69. The van der Waals surface area contributed by atoms with Gasteiger partial charge in [-0.05, 0) is 42.5 Å². The first kappa shape index (κ1) is 20.3. The smallest absolute Gasteiger partial charge is 0.146 e. The lowest BCUT2D eigenvalue weighted by atomic mass is 9.82. The number of nitrogens with one attached hydrogen (secondary N) is 1. The molecule has 0 aromatic rings. The number of allylic oxidation sites excluding steroid dienone is 4. The molecule has 1 unspecified atom stereocenters. The summed E-state index contributed by atoms with van der Waals surface area (Å²) in [5.74, 6) is -2.86. The molecule has 1 heterocycles. The van der Waals surface area contributed by atoms with Crippen molar-refractivity contribution in [3.63, 3.8) is 0 Å². The number of nitroso groups, excluding NO2 is 1. The Morgan fingerprint density at radius 3 is 2.61 bits per heavy atom. The molecular weight excluding hydrogens is 364 g/mol. The topological polar surface area (TPSA) is 129 Å². The summed E-state index contributed by atoms with van der Waals surface area (Å²) < 4.78 is 11.2. The molecule has 1 aliphatic heterocycles. The molecule has 1 atom stereocenters. The van der Waals surface area contributed by atoms with Crippen LogP contribution in [0.1, 0.15) is 38.5 Å². The van der Waals surface area contributed by atoms with Crippen molar-refractivity contribution < 1.29 is 24.2 Å². The summed E-state index contributed by atoms with van der Waals surface area (Å²) >= 11 is 0. The fourth-order valence-electron chi connectivity index (χ4n) is 3.66. The number of ketones is 2. The number of nitrogens with zero attached hydrogens (tertiary/aromatic N) is 1. The second-order valence-electron chi connectivity index (χ2n) is 7.16. The van der Waals surface area contributed by atoms with Crippen LogP contribution in [0.15, 0.2) is 39.9 Å². The average molecular weight is 387 g/mol. The third kappa shape index (κ3) is 4.34. The van der Waals surface area contributed by atoms with Crippen molar-refractivity contribution >= 4 is 17.3 Å². The minimum Gasteiger partial charge on any atom is -0.874 e. The highest BCUT2D eigenvalue weighted by Gasteiger charge is 2.32. The maximum atomic E-state index is 12.8. The van der Waals surface area contributed by atoms with Crippen molar-refractivity contribution in [3.05, 3.63) is 39.7 Å². The van der Waals surface area contributed by atoms with E-state index in [-0.39, 0.29) is 48.1 Å². The van der Waals surface area contributed by atoms with Gasteiger partial charge in [-0.3, -0.25) is 15.0 Å². The van der Waals surface area contributed by atoms with E-state index in [1.54, 1.807) is 0 Å². The quantitative estimate of drug-likeness (QED) is 0.420. The van der Waals surface area contributed by atoms with Gasteiger partial charge in [-0.15, -0.1) is 10.7 Å². The molecule has 0 spiro atoms. The van der Waals surface area contributed by atoms with Crippen LogP contribution >= 0.6 is 0 Å². The van der Waals surface area contributed by atoms with Crippen LogP contribution in [0.2, 0.25) is 0 Å². The Balaban J connectivity index is 1.76. The SMILES string of the molecule is N=C1C(=C([O-])C2C(=O)CCCC2=O)C=CC(N=O)=C1COCC1CCCCO1. The van der Waals surface area contributed by atoms with Crippen molar-refractivity contribution in [1.82, 2.24) is 0 Å². The zero-order valence-electron chi connectivity index (χ0n) is 15.6. The fraction of sp³-hybridized carbons (Fsp3) is 0.550. The van der Waals surface area contributed by atoms with E-state index in [1.165, 1.54) is 12.2 Å². The van der Waals surface area contributed by atoms with Crippen LogP contribution in [0.5, 0.6) is 0 Å². The summed E-state index contributed by atoms with van der Waals surface area (Å²) in [6.45, 7) is 0.926. The van der Waals surface area contributed by atoms with Gasteiger partial charge < -0.3 is 14.6 Å². The van der Waals surface area contributed by atoms with E-state index in [2.05, 4.69) is 5.18 Å². The van der Waals surface area contributed by atoms with Crippen LogP contribution in [0, 0.1) is 16.2 Å². The van der Waals surface area contributed by atoms with Crippen molar-refractivity contribution in [2.45, 2.75) is 44.6 Å². The van der Waals surface area contributed by atoms with E-state index in [0.717, 1.165) is 19.3 Å². The third-order valence-corrected chi connectivity index (χ3v) is 5.23. The Kier molecular flexibility index (Phi) is 6.64. The number of Topliss-reactive ketones (excluding diaryl/α,β-unsaturated/α-hetero) is 2. The minimum atomic E-state index is -1.35. The van der Waals surface area contributed by atoms with E-state index in [1.807, 2.05) is 0 Å². The molecule has 8 heteroatoms. The van der Waals surface area contributed by atoms with Crippen molar-refractivity contribution in [2.75, 3.05) is 19.8 Å². The second kappa shape index (κ2) is 9.16. The van der Waals surface area contributed by atoms with Gasteiger partial charge in [0.25, 0.3) is 0 Å². The molecule has 2 aliphatic carbocycles. The summed E-state index contributed by atoms with van der Waals surface area (Å²) in [5.41, 5.74) is -0.105. The first-order valence-electron chi connectivity index (χ1n) is 9.52. The zero-order chi connectivity index (χ0) is 20.1. The molecule has 0 bridgehead atoms. The third-order valence-electron chi connectivity index (χ3n) is 5.23. The number of ether oxygens (including phenoxy) is 2. The van der Waals surface area contributed by atoms with Crippen LogP contribution in [0.25, 0.3) is 0 Å². The van der Waals surface area contributed by atoms with Gasteiger partial charge in [0.05, 0.1) is 30.9 Å². The Labute approximate surface area is 162 Å². The summed E-state index contributed by atoms with van der Waals surface area (Å²) in [6.07, 6.45) is 6.36. The van der Waals surface area contributed by atoms with E-state index in [0.29, 0.717) is 19.6 Å². The minimum absolute atomic E-state index is 0.00686. The predicted octanol–water partition coefficient (Wildman–Crippen LogP) is 1.73. The van der Waals surface area contributed by atoms with Crippen LogP contribution in [-0.4, -0.2) is 43.2 Å². The van der Waals surface area contributed by atoms with Gasteiger partial charge >= 0.3 is 0 Å². The van der Waals surface area contributed by atoms with E-state index < -0.39 is 23.2 Å². The van der Waals surface area contributed by atoms with Gasteiger partial charge in [0.15, 0.2) is 0 Å². The normalized spacial score (nSPS) is 26.0. The van der Waals surface area contributed by atoms with Gasteiger partial charge in [0, 0.05) is 25.0 Å². The highest BCUT2D eigenvalue weighted by atomic mass is 16.5. The predicted molar refractivity (Wildman–Crippen MR) is 98.5 cm³/mol. The first-order chi connectivity index (χ1) is 13.5. The Morgan fingerprint density at radius 1 is 1.21 bits per heavy atom. The van der Waals surface area contributed by atoms with E-state index in [9.17, 15) is 19.6 Å². The summed E-state index contributed by atoms with van der Waals surface area (Å²) in [5, 5.41) is 24.0. The van der Waals surface area contributed by atoms with Gasteiger partial charge in [-0.1, -0.05) is 6.08 Å². The first-order valence-corrected chi connectivity index (χ1v) is 9.52. The monoisotopic (exact) mass is 387 g/mol. The maximum absolute atomic E-state index is 12.8. The van der Waals surface area contributed by atoms with Gasteiger partial charge in [-0.25, -0.2) is 0 Å². The molecule has 0 aromatic carbocycles. The molecule has 8 nitrogen and oxygen atoms in total. The number of hydrogen-bond donors (Lipinski definition) is 1. The van der Waals surface area contributed by atoms with Gasteiger partial charge in [0.1, 0.15) is 17.3 Å². The molecule has 1 saturated carbocycles. The highest BCUT2D eigenvalue weighted by Crippen LogP contribution is 2.29. The van der Waals surface area contributed by atoms with Crippen LogP contribution in [0.4, 0.5) is 0 Å². The van der Waals surface area contributed by atoms with Crippen LogP contribution in [0.3, 0.4) is 0 Å². The van der Waals surface area contributed by atoms with Crippen molar-refractivity contribution in [1.29, 1.82) is 5.41 Å². The molecule has 0 amide bonds. The lowest BCUT2D eigenvalue weighted by Crippen LogP contribution is -2.36. The maximum Gasteiger partial charge on any atom is 0.146 e. The molecule has 3 aliphatic rings. The number of hydrogen-bond acceptors (Lipinski definition) is 8. The van der Waals surface area contributed by atoms with Crippen molar-refractivity contribution in [2.24, 2.45) is 11.1 Å². The zero-order valence-corrected chi connectivity index (χ0v) is 15.6. The molecular formula is C20H23N2O6-. The fourth-order valence-corrected chi connectivity index (χ4v) is 3.66.